The molecule has 0 unspecified atom stereocenters. The minimum atomic E-state index is -1.03. The van der Waals surface area contributed by atoms with E-state index in [1.165, 1.54) is 16.9 Å². The molecule has 1 amide bonds. The molecular weight excluding hydrogens is 426 g/mol. The molecule has 0 bridgehead atoms. The third-order valence-corrected chi connectivity index (χ3v) is 4.76. The van der Waals surface area contributed by atoms with Crippen LogP contribution in [0.1, 0.15) is 20.8 Å². The van der Waals surface area contributed by atoms with Gasteiger partial charge in [0, 0.05) is 13.1 Å². The van der Waals surface area contributed by atoms with Crippen LogP contribution in [0.25, 0.3) is 0 Å². The normalized spacial score (nSPS) is 17.1. The first-order valence-electron chi connectivity index (χ1n) is 8.56. The number of halogens is 1. The molecule has 0 aliphatic carbocycles. The Balaban J connectivity index is 2.43. The van der Waals surface area contributed by atoms with Crippen molar-refractivity contribution in [2.75, 3.05) is 37.9 Å². The third kappa shape index (κ3) is 5.38. The number of carbonyl (C=O) groups excluding carboxylic acids is 2. The molecule has 0 saturated carbocycles. The number of anilines is 1. The molecule has 29 heavy (non-hydrogen) atoms. The van der Waals surface area contributed by atoms with Crippen LogP contribution in [0.15, 0.2) is 5.16 Å². The first-order chi connectivity index (χ1) is 13.5. The topological polar surface area (TPSA) is 128 Å². The summed E-state index contributed by atoms with van der Waals surface area (Å²) in [6, 6.07) is -1.03. The number of esters is 1. The Hall–Kier alpha value is -2.34. The number of nitro groups is 1. The lowest BCUT2D eigenvalue weighted by atomic mass is 10.1. The number of amides is 1. The molecule has 1 aliphatic rings. The van der Waals surface area contributed by atoms with E-state index in [9.17, 15) is 19.7 Å². The van der Waals surface area contributed by atoms with Gasteiger partial charge in [-0.1, -0.05) is 23.4 Å². The summed E-state index contributed by atoms with van der Waals surface area (Å²) in [5.41, 5.74) is -1.22. The summed E-state index contributed by atoms with van der Waals surface area (Å²) in [5.74, 6) is -0.772. The van der Waals surface area contributed by atoms with Gasteiger partial charge in [0.2, 0.25) is 11.0 Å². The molecule has 1 aromatic heterocycles. The Labute approximate surface area is 176 Å². The number of carbonyl (C=O) groups is 2. The van der Waals surface area contributed by atoms with Crippen molar-refractivity contribution >= 4 is 46.9 Å². The first kappa shape index (κ1) is 22.9. The largest absolute Gasteiger partial charge is 0.467 e. The number of aromatic nitrogens is 2. The Morgan fingerprint density at radius 3 is 2.48 bits per heavy atom. The van der Waals surface area contributed by atoms with Gasteiger partial charge >= 0.3 is 17.7 Å². The smallest absolute Gasteiger partial charge is 0.410 e. The minimum absolute atomic E-state index is 0.0843. The van der Waals surface area contributed by atoms with Crippen molar-refractivity contribution in [1.82, 2.24) is 14.9 Å². The van der Waals surface area contributed by atoms with Crippen LogP contribution in [-0.4, -0.2) is 76.5 Å². The van der Waals surface area contributed by atoms with Gasteiger partial charge in [-0.05, 0) is 27.0 Å². The first-order valence-corrected chi connectivity index (χ1v) is 10.2. The highest BCUT2D eigenvalue weighted by Crippen LogP contribution is 2.36. The van der Waals surface area contributed by atoms with Crippen LogP contribution in [-0.2, 0) is 14.3 Å². The number of ether oxygens (including phenoxy) is 2. The molecule has 11 nitrogen and oxygen atoms in total. The van der Waals surface area contributed by atoms with E-state index in [1.807, 2.05) is 0 Å². The lowest BCUT2D eigenvalue weighted by Crippen LogP contribution is -2.59. The summed E-state index contributed by atoms with van der Waals surface area (Å²) in [5, 5.41) is 11.5. The van der Waals surface area contributed by atoms with Crippen LogP contribution < -0.4 is 4.90 Å². The van der Waals surface area contributed by atoms with Gasteiger partial charge in [-0.2, -0.15) is 4.98 Å². The molecule has 160 valence electrons. The van der Waals surface area contributed by atoms with Crippen LogP contribution in [0.5, 0.6) is 0 Å². The Morgan fingerprint density at radius 1 is 1.31 bits per heavy atom. The predicted octanol–water partition coefficient (Wildman–Crippen LogP) is 2.36. The van der Waals surface area contributed by atoms with Crippen molar-refractivity contribution in [1.29, 1.82) is 0 Å². The van der Waals surface area contributed by atoms with Crippen LogP contribution >= 0.6 is 23.4 Å². The van der Waals surface area contributed by atoms with Crippen LogP contribution in [0, 0.1) is 10.1 Å². The maximum atomic E-state index is 12.4. The summed E-state index contributed by atoms with van der Waals surface area (Å²) in [7, 11) is 1.20. The number of hydrogen-bond donors (Lipinski definition) is 0. The average molecular weight is 448 g/mol. The van der Waals surface area contributed by atoms with Crippen LogP contribution in [0.4, 0.5) is 16.3 Å². The zero-order chi connectivity index (χ0) is 21.9. The fourth-order valence-corrected chi connectivity index (χ4v) is 3.36. The fraction of sp³-hybridized carbons (Fsp3) is 0.625. The van der Waals surface area contributed by atoms with Crippen molar-refractivity contribution < 1.29 is 24.0 Å². The van der Waals surface area contributed by atoms with E-state index in [4.69, 9.17) is 21.1 Å². The van der Waals surface area contributed by atoms with Crippen molar-refractivity contribution in [3.63, 3.8) is 0 Å². The molecule has 0 N–H and O–H groups in total. The Bertz CT molecular complexity index is 818. The molecule has 2 heterocycles. The van der Waals surface area contributed by atoms with Gasteiger partial charge in [-0.15, -0.1) is 0 Å². The summed E-state index contributed by atoms with van der Waals surface area (Å²) >= 11 is 7.16. The highest BCUT2D eigenvalue weighted by molar-refractivity contribution is 7.98. The Morgan fingerprint density at radius 2 is 1.97 bits per heavy atom. The SMILES string of the molecule is COC(=O)[C@H]1CN(C(=O)OC(C)(C)C)CCN1c1nc(SC)nc(Cl)c1[N+](=O)[O-]. The molecule has 0 aromatic carbocycles. The maximum absolute atomic E-state index is 12.4. The van der Waals surface area contributed by atoms with Crippen molar-refractivity contribution in [3.05, 3.63) is 15.3 Å². The van der Waals surface area contributed by atoms with Gasteiger partial charge in [0.05, 0.1) is 18.6 Å². The molecule has 13 heteroatoms. The van der Waals surface area contributed by atoms with Gasteiger partial charge in [0.15, 0.2) is 5.16 Å². The van der Waals surface area contributed by atoms with Crippen LogP contribution in [0.2, 0.25) is 5.15 Å². The summed E-state index contributed by atoms with van der Waals surface area (Å²) in [6.07, 6.45) is 1.10. The maximum Gasteiger partial charge on any atom is 0.410 e. The summed E-state index contributed by atoms with van der Waals surface area (Å²) in [6.45, 7) is 5.35. The molecule has 2 rings (SSSR count). The van der Waals surface area contributed by atoms with E-state index >= 15 is 0 Å². The predicted molar refractivity (Wildman–Crippen MR) is 106 cm³/mol. The summed E-state index contributed by atoms with van der Waals surface area (Å²) in [4.78, 5) is 46.6. The highest BCUT2D eigenvalue weighted by Gasteiger charge is 2.41. The molecule has 1 saturated heterocycles. The zero-order valence-corrected chi connectivity index (χ0v) is 18.2. The van der Waals surface area contributed by atoms with Gasteiger partial charge in [0.25, 0.3) is 0 Å². The quantitative estimate of drug-likeness (QED) is 0.169. The van der Waals surface area contributed by atoms with Gasteiger partial charge in [0.1, 0.15) is 11.6 Å². The summed E-state index contributed by atoms with van der Waals surface area (Å²) < 4.78 is 10.2. The van der Waals surface area contributed by atoms with Gasteiger partial charge in [-0.3, -0.25) is 10.1 Å². The number of nitrogens with zero attached hydrogens (tertiary/aromatic N) is 5. The molecule has 0 spiro atoms. The van der Waals surface area contributed by atoms with E-state index < -0.39 is 34.3 Å². The van der Waals surface area contributed by atoms with E-state index in [0.29, 0.717) is 0 Å². The van der Waals surface area contributed by atoms with E-state index in [0.717, 1.165) is 11.8 Å². The van der Waals surface area contributed by atoms with Gasteiger partial charge < -0.3 is 19.3 Å². The number of rotatable bonds is 4. The van der Waals surface area contributed by atoms with E-state index in [1.54, 1.807) is 27.0 Å². The fourth-order valence-electron chi connectivity index (χ4n) is 2.71. The monoisotopic (exact) mass is 447 g/mol. The molecule has 1 fully saturated rings. The number of piperazine rings is 1. The third-order valence-electron chi connectivity index (χ3n) is 3.95. The second-order valence-corrected chi connectivity index (χ2v) is 8.22. The molecule has 1 atom stereocenters. The number of methoxy groups -OCH3 is 1. The van der Waals surface area contributed by atoms with Crippen molar-refractivity contribution in [2.45, 2.75) is 37.6 Å². The molecule has 1 aromatic rings. The Kier molecular flexibility index (Phi) is 7.11. The van der Waals surface area contributed by atoms with Crippen molar-refractivity contribution in [3.8, 4) is 0 Å². The standard InChI is InChI=1S/C16H22ClN5O6S/c1-16(2,3)28-15(24)20-6-7-21(9(8-20)13(23)27-4)12-10(22(25)26)11(17)18-14(19-12)29-5/h9H,6-8H2,1-5H3/t9-/m1/s1. The second kappa shape index (κ2) is 8.99. The van der Waals surface area contributed by atoms with Gasteiger partial charge in [-0.25, -0.2) is 14.6 Å². The highest BCUT2D eigenvalue weighted by atomic mass is 35.5. The van der Waals surface area contributed by atoms with E-state index in [2.05, 4.69) is 9.97 Å². The van der Waals surface area contributed by atoms with Crippen molar-refractivity contribution in [2.24, 2.45) is 0 Å². The van der Waals surface area contributed by atoms with E-state index in [-0.39, 0.29) is 35.8 Å². The second-order valence-electron chi connectivity index (χ2n) is 7.09. The minimum Gasteiger partial charge on any atom is -0.467 e. The molecule has 0 radical (unpaired) electrons. The number of hydrogen-bond acceptors (Lipinski definition) is 10. The lowest BCUT2D eigenvalue weighted by Gasteiger charge is -2.40. The molecular formula is C16H22ClN5O6S. The zero-order valence-electron chi connectivity index (χ0n) is 16.7. The molecule has 1 aliphatic heterocycles. The average Bonchev–Trinajstić information content (AvgIpc) is 2.64. The lowest BCUT2D eigenvalue weighted by molar-refractivity contribution is -0.384. The number of thioether (sulfide) groups is 1. The van der Waals surface area contributed by atoms with Crippen LogP contribution in [0.3, 0.4) is 0 Å².